The molecule has 1 atom stereocenters. The summed E-state index contributed by atoms with van der Waals surface area (Å²) in [5.41, 5.74) is 1.35. The van der Waals surface area contributed by atoms with Crippen LogP contribution < -0.4 is 0 Å². The zero-order chi connectivity index (χ0) is 10.4. The second-order valence-corrected chi connectivity index (χ2v) is 4.87. The maximum atomic E-state index is 5.16. The molecule has 1 aromatic carbocycles. The fourth-order valence-corrected chi connectivity index (χ4v) is 2.25. The Balaban J connectivity index is 2.57. The number of alkyl halides is 1. The number of halogens is 2. The lowest BCUT2D eigenvalue weighted by atomic mass is 10.0. The largest absolute Gasteiger partial charge is 0.384 e. The monoisotopic (exact) mass is 320 g/mol. The van der Waals surface area contributed by atoms with E-state index in [1.54, 1.807) is 7.11 Å². The van der Waals surface area contributed by atoms with Crippen LogP contribution in [0.4, 0.5) is 0 Å². The van der Waals surface area contributed by atoms with Gasteiger partial charge in [0.1, 0.15) is 0 Å². The molecule has 0 bridgehead atoms. The maximum absolute atomic E-state index is 5.16. The van der Waals surface area contributed by atoms with Crippen LogP contribution in [0.15, 0.2) is 28.7 Å². The normalized spacial score (nSPS) is 12.8. The summed E-state index contributed by atoms with van der Waals surface area (Å²) in [5, 5.41) is 0.980. The van der Waals surface area contributed by atoms with Gasteiger partial charge in [0, 0.05) is 16.9 Å². The van der Waals surface area contributed by atoms with E-state index in [1.807, 2.05) is 6.07 Å². The van der Waals surface area contributed by atoms with Gasteiger partial charge in [0.05, 0.1) is 6.61 Å². The lowest BCUT2D eigenvalue weighted by Gasteiger charge is -2.12. The van der Waals surface area contributed by atoms with Crippen LogP contribution >= 0.6 is 31.9 Å². The molecule has 0 aliphatic rings. The molecule has 0 heterocycles. The molecule has 1 nitrogen and oxygen atoms in total. The molecule has 0 saturated heterocycles. The van der Waals surface area contributed by atoms with Crippen molar-refractivity contribution >= 4 is 31.9 Å². The van der Waals surface area contributed by atoms with Gasteiger partial charge in [-0.15, -0.1) is 0 Å². The molecule has 1 rings (SSSR count). The highest BCUT2D eigenvalue weighted by atomic mass is 79.9. The molecule has 0 radical (unpaired) electrons. The van der Waals surface area contributed by atoms with Crippen molar-refractivity contribution in [1.29, 1.82) is 0 Å². The van der Waals surface area contributed by atoms with Crippen molar-refractivity contribution in [2.24, 2.45) is 5.92 Å². The summed E-state index contributed by atoms with van der Waals surface area (Å²) < 4.78 is 6.30. The standard InChI is InChI=1S/C11H14Br2O/c1-14-8-10(7-12)5-9-3-2-4-11(13)6-9/h2-4,6,10H,5,7-8H2,1H3. The van der Waals surface area contributed by atoms with E-state index in [0.29, 0.717) is 5.92 Å². The summed E-state index contributed by atoms with van der Waals surface area (Å²) in [6.07, 6.45) is 1.05. The van der Waals surface area contributed by atoms with Crippen molar-refractivity contribution in [2.75, 3.05) is 19.0 Å². The Hall–Kier alpha value is 0.140. The summed E-state index contributed by atoms with van der Waals surface area (Å²) in [6.45, 7) is 0.803. The number of hydrogen-bond donors (Lipinski definition) is 0. The van der Waals surface area contributed by atoms with E-state index in [0.717, 1.165) is 22.8 Å². The van der Waals surface area contributed by atoms with Gasteiger partial charge in [-0.3, -0.25) is 0 Å². The van der Waals surface area contributed by atoms with Gasteiger partial charge in [0.15, 0.2) is 0 Å². The molecule has 0 fully saturated rings. The minimum absolute atomic E-state index is 0.550. The van der Waals surface area contributed by atoms with Crippen LogP contribution in [0.5, 0.6) is 0 Å². The van der Waals surface area contributed by atoms with Crippen LogP contribution in [-0.2, 0) is 11.2 Å². The number of methoxy groups -OCH3 is 1. The first-order chi connectivity index (χ1) is 6.76. The number of benzene rings is 1. The minimum atomic E-state index is 0.550. The average Bonchev–Trinajstić information content (AvgIpc) is 2.17. The first-order valence-corrected chi connectivity index (χ1v) is 6.47. The van der Waals surface area contributed by atoms with Crippen LogP contribution in [0.3, 0.4) is 0 Å². The Morgan fingerprint density at radius 2 is 2.21 bits per heavy atom. The van der Waals surface area contributed by atoms with E-state index in [-0.39, 0.29) is 0 Å². The Labute approximate surface area is 102 Å². The zero-order valence-corrected chi connectivity index (χ0v) is 11.3. The Morgan fingerprint density at radius 3 is 2.79 bits per heavy atom. The Morgan fingerprint density at radius 1 is 1.43 bits per heavy atom. The van der Waals surface area contributed by atoms with Crippen molar-refractivity contribution in [1.82, 2.24) is 0 Å². The first-order valence-electron chi connectivity index (χ1n) is 4.55. The predicted molar refractivity (Wildman–Crippen MR) is 67.0 cm³/mol. The minimum Gasteiger partial charge on any atom is -0.384 e. The third-order valence-electron chi connectivity index (χ3n) is 2.03. The smallest absolute Gasteiger partial charge is 0.0501 e. The van der Waals surface area contributed by atoms with Gasteiger partial charge in [-0.1, -0.05) is 44.0 Å². The summed E-state index contributed by atoms with van der Waals surface area (Å²) in [4.78, 5) is 0. The number of ether oxygens (including phenoxy) is 1. The third-order valence-corrected chi connectivity index (χ3v) is 3.44. The lowest BCUT2D eigenvalue weighted by molar-refractivity contribution is 0.162. The summed E-state index contributed by atoms with van der Waals surface area (Å²) in [6, 6.07) is 8.42. The van der Waals surface area contributed by atoms with E-state index < -0.39 is 0 Å². The fourth-order valence-electron chi connectivity index (χ4n) is 1.39. The molecule has 78 valence electrons. The maximum Gasteiger partial charge on any atom is 0.0501 e. The molecule has 14 heavy (non-hydrogen) atoms. The van der Waals surface area contributed by atoms with Crippen molar-refractivity contribution in [3.8, 4) is 0 Å². The van der Waals surface area contributed by atoms with E-state index >= 15 is 0 Å². The lowest BCUT2D eigenvalue weighted by Crippen LogP contribution is -2.12. The van der Waals surface area contributed by atoms with Crippen LogP contribution in [0.1, 0.15) is 5.56 Å². The highest BCUT2D eigenvalue weighted by molar-refractivity contribution is 9.10. The van der Waals surface area contributed by atoms with Gasteiger partial charge < -0.3 is 4.74 Å². The molecule has 0 saturated carbocycles. The van der Waals surface area contributed by atoms with Gasteiger partial charge in [0.2, 0.25) is 0 Å². The van der Waals surface area contributed by atoms with Crippen molar-refractivity contribution in [2.45, 2.75) is 6.42 Å². The highest BCUT2D eigenvalue weighted by Gasteiger charge is 2.07. The number of hydrogen-bond acceptors (Lipinski definition) is 1. The van der Waals surface area contributed by atoms with E-state index in [9.17, 15) is 0 Å². The van der Waals surface area contributed by atoms with E-state index in [1.165, 1.54) is 5.56 Å². The molecule has 0 N–H and O–H groups in total. The van der Waals surface area contributed by atoms with E-state index in [4.69, 9.17) is 4.74 Å². The van der Waals surface area contributed by atoms with Crippen molar-refractivity contribution < 1.29 is 4.74 Å². The van der Waals surface area contributed by atoms with Gasteiger partial charge in [-0.25, -0.2) is 0 Å². The molecular formula is C11H14Br2O. The second kappa shape index (κ2) is 6.59. The van der Waals surface area contributed by atoms with Gasteiger partial charge >= 0.3 is 0 Å². The molecule has 3 heteroatoms. The van der Waals surface area contributed by atoms with E-state index in [2.05, 4.69) is 50.1 Å². The topological polar surface area (TPSA) is 9.23 Å². The predicted octanol–water partition coefficient (Wildman–Crippen LogP) is 3.65. The summed E-state index contributed by atoms with van der Waals surface area (Å²) in [7, 11) is 1.75. The first kappa shape index (κ1) is 12.2. The van der Waals surface area contributed by atoms with Crippen molar-refractivity contribution in [3.05, 3.63) is 34.3 Å². The third kappa shape index (κ3) is 4.11. The second-order valence-electron chi connectivity index (χ2n) is 3.31. The highest BCUT2D eigenvalue weighted by Crippen LogP contribution is 2.16. The van der Waals surface area contributed by atoms with Crippen LogP contribution in [0, 0.1) is 5.92 Å². The molecule has 0 amide bonds. The van der Waals surface area contributed by atoms with Gasteiger partial charge in [0.25, 0.3) is 0 Å². The Kier molecular flexibility index (Phi) is 5.75. The summed E-state index contributed by atoms with van der Waals surface area (Å²) in [5.74, 6) is 0.550. The molecule has 0 aliphatic carbocycles. The van der Waals surface area contributed by atoms with Gasteiger partial charge in [-0.05, 0) is 30.0 Å². The van der Waals surface area contributed by atoms with Crippen molar-refractivity contribution in [3.63, 3.8) is 0 Å². The molecule has 0 aromatic heterocycles. The quantitative estimate of drug-likeness (QED) is 0.752. The van der Waals surface area contributed by atoms with Gasteiger partial charge in [-0.2, -0.15) is 0 Å². The Bertz CT molecular complexity index is 276. The molecule has 1 aromatic rings. The molecular weight excluding hydrogens is 308 g/mol. The summed E-state index contributed by atoms with van der Waals surface area (Å²) >= 11 is 6.97. The fraction of sp³-hybridized carbons (Fsp3) is 0.455. The SMILES string of the molecule is COCC(CBr)Cc1cccc(Br)c1. The zero-order valence-electron chi connectivity index (χ0n) is 8.17. The molecule has 0 aliphatic heterocycles. The van der Waals surface area contributed by atoms with Crippen LogP contribution in [0.2, 0.25) is 0 Å². The van der Waals surface area contributed by atoms with Crippen LogP contribution in [-0.4, -0.2) is 19.0 Å². The number of rotatable bonds is 5. The average molecular weight is 322 g/mol. The molecule has 1 unspecified atom stereocenters. The van der Waals surface area contributed by atoms with Crippen LogP contribution in [0.25, 0.3) is 0 Å². The molecule has 0 spiro atoms.